The van der Waals surface area contributed by atoms with Crippen molar-refractivity contribution < 1.29 is 0 Å². The highest BCUT2D eigenvalue weighted by molar-refractivity contribution is 7.26. The van der Waals surface area contributed by atoms with Crippen LogP contribution in [-0.2, 0) is 0 Å². The number of hydrogen-bond donors (Lipinski definition) is 0. The largest absolute Gasteiger partial charge is 0.310 e. The second-order valence-electron chi connectivity index (χ2n) is 14.1. The van der Waals surface area contributed by atoms with Gasteiger partial charge in [0.15, 0.2) is 0 Å². The van der Waals surface area contributed by atoms with Crippen LogP contribution in [0.3, 0.4) is 0 Å². The zero-order valence-electron chi connectivity index (χ0n) is 29.8. The van der Waals surface area contributed by atoms with E-state index in [2.05, 4.69) is 205 Å². The molecule has 2 heterocycles. The Hall–Kier alpha value is -6.52. The van der Waals surface area contributed by atoms with Crippen molar-refractivity contribution in [1.29, 1.82) is 0 Å². The molecule has 0 unspecified atom stereocenters. The molecule has 11 aromatic rings. The lowest BCUT2D eigenvalue weighted by molar-refractivity contribution is 1.28. The molecule has 1 nitrogen and oxygen atoms in total. The van der Waals surface area contributed by atoms with Gasteiger partial charge in [-0.1, -0.05) is 146 Å². The third-order valence-electron chi connectivity index (χ3n) is 10.9. The second kappa shape index (κ2) is 13.1. The van der Waals surface area contributed by atoms with Gasteiger partial charge >= 0.3 is 0 Å². The van der Waals surface area contributed by atoms with Crippen molar-refractivity contribution >= 4 is 90.9 Å². The summed E-state index contributed by atoms with van der Waals surface area (Å²) in [5, 5.41) is 7.78. The molecule has 0 aliphatic heterocycles. The highest BCUT2D eigenvalue weighted by Gasteiger charge is 2.18. The zero-order chi connectivity index (χ0) is 36.3. The van der Waals surface area contributed by atoms with Crippen LogP contribution in [-0.4, -0.2) is 0 Å². The summed E-state index contributed by atoms with van der Waals surface area (Å²) in [7, 11) is 0. The standard InChI is InChI=1S/C52H33NS2/c1-2-18-41-34(12-1)13-9-21-42(41)36-14-7-16-39(32-36)53(38-30-28-35(29-31-38)43-22-11-27-50-51(43)47-20-4-6-26-49(47)54-50)40-17-8-15-37(33-40)44-23-10-24-46-45-19-3-5-25-48(45)55-52(44)46/h1-33H. The third kappa shape index (κ3) is 5.43. The van der Waals surface area contributed by atoms with E-state index in [1.165, 1.54) is 84.5 Å². The van der Waals surface area contributed by atoms with Crippen molar-refractivity contribution in [2.75, 3.05) is 4.90 Å². The van der Waals surface area contributed by atoms with E-state index in [1.807, 2.05) is 22.7 Å². The van der Waals surface area contributed by atoms with E-state index in [1.54, 1.807) is 0 Å². The maximum Gasteiger partial charge on any atom is 0.0467 e. The van der Waals surface area contributed by atoms with Crippen molar-refractivity contribution in [3.8, 4) is 33.4 Å². The van der Waals surface area contributed by atoms with Gasteiger partial charge in [-0.3, -0.25) is 0 Å². The Kier molecular flexibility index (Phi) is 7.61. The van der Waals surface area contributed by atoms with Gasteiger partial charge in [0, 0.05) is 57.4 Å². The molecule has 0 atom stereocenters. The van der Waals surface area contributed by atoms with Crippen molar-refractivity contribution in [3.05, 3.63) is 200 Å². The van der Waals surface area contributed by atoms with Crippen LogP contribution in [0.1, 0.15) is 0 Å². The fourth-order valence-corrected chi connectivity index (χ4v) is 10.7. The van der Waals surface area contributed by atoms with Gasteiger partial charge in [-0.2, -0.15) is 0 Å². The molecule has 0 spiro atoms. The average Bonchev–Trinajstić information content (AvgIpc) is 3.83. The number of rotatable bonds is 6. The fraction of sp³-hybridized carbons (Fsp3) is 0. The molecule has 0 saturated carbocycles. The van der Waals surface area contributed by atoms with Gasteiger partial charge < -0.3 is 4.90 Å². The minimum absolute atomic E-state index is 1.11. The Morgan fingerprint density at radius 1 is 0.309 bits per heavy atom. The van der Waals surface area contributed by atoms with E-state index >= 15 is 0 Å². The van der Waals surface area contributed by atoms with Gasteiger partial charge in [-0.25, -0.2) is 0 Å². The SMILES string of the molecule is c1cc(-c2cccc3ccccc23)cc(N(c2ccc(-c3cccc4sc5ccccc5c34)cc2)c2cccc(-c3cccc4c3sc3ccccc34)c2)c1. The lowest BCUT2D eigenvalue weighted by Gasteiger charge is -2.27. The Bertz CT molecular complexity index is 3220. The molecular weight excluding hydrogens is 703 g/mol. The number of nitrogens with zero attached hydrogens (tertiary/aromatic N) is 1. The minimum atomic E-state index is 1.11. The molecule has 0 bridgehead atoms. The second-order valence-corrected chi connectivity index (χ2v) is 16.2. The summed E-state index contributed by atoms with van der Waals surface area (Å²) in [5.74, 6) is 0. The molecule has 258 valence electrons. The van der Waals surface area contributed by atoms with Gasteiger partial charge in [0.1, 0.15) is 0 Å². The Labute approximate surface area is 327 Å². The van der Waals surface area contributed by atoms with E-state index in [0.717, 1.165) is 17.1 Å². The first kappa shape index (κ1) is 32.0. The first-order valence-corrected chi connectivity index (χ1v) is 20.3. The molecule has 0 aliphatic carbocycles. The summed E-state index contributed by atoms with van der Waals surface area (Å²) in [6.45, 7) is 0. The summed E-state index contributed by atoms with van der Waals surface area (Å²) in [4.78, 5) is 2.41. The van der Waals surface area contributed by atoms with Gasteiger partial charge in [0.05, 0.1) is 0 Å². The zero-order valence-corrected chi connectivity index (χ0v) is 31.4. The van der Waals surface area contributed by atoms with Gasteiger partial charge in [0.2, 0.25) is 0 Å². The van der Waals surface area contributed by atoms with Crippen molar-refractivity contribution in [2.24, 2.45) is 0 Å². The maximum absolute atomic E-state index is 2.41. The predicted octanol–water partition coefficient (Wildman–Crippen LogP) is 16.0. The van der Waals surface area contributed by atoms with Crippen LogP contribution in [0.25, 0.3) is 84.5 Å². The lowest BCUT2D eigenvalue weighted by atomic mass is 9.97. The third-order valence-corrected chi connectivity index (χ3v) is 13.2. The van der Waals surface area contributed by atoms with E-state index in [0.29, 0.717) is 0 Å². The topological polar surface area (TPSA) is 3.24 Å². The number of fused-ring (bicyclic) bond motifs is 7. The Morgan fingerprint density at radius 2 is 0.855 bits per heavy atom. The van der Waals surface area contributed by atoms with Crippen LogP contribution < -0.4 is 4.90 Å². The minimum Gasteiger partial charge on any atom is -0.310 e. The quantitative estimate of drug-likeness (QED) is 0.164. The molecule has 0 amide bonds. The van der Waals surface area contributed by atoms with Gasteiger partial charge in [0.25, 0.3) is 0 Å². The van der Waals surface area contributed by atoms with Crippen LogP contribution in [0.4, 0.5) is 17.1 Å². The van der Waals surface area contributed by atoms with Crippen LogP contribution in [0.5, 0.6) is 0 Å². The molecule has 0 saturated heterocycles. The first-order chi connectivity index (χ1) is 27.3. The molecule has 0 N–H and O–H groups in total. The highest BCUT2D eigenvalue weighted by Crippen LogP contribution is 2.44. The summed E-state index contributed by atoms with van der Waals surface area (Å²) in [6.07, 6.45) is 0. The summed E-state index contributed by atoms with van der Waals surface area (Å²) in [6, 6.07) is 73.4. The van der Waals surface area contributed by atoms with E-state index in [4.69, 9.17) is 0 Å². The fourth-order valence-electron chi connectivity index (χ4n) is 8.33. The molecule has 9 aromatic carbocycles. The maximum atomic E-state index is 2.41. The monoisotopic (exact) mass is 735 g/mol. The predicted molar refractivity (Wildman–Crippen MR) is 241 cm³/mol. The van der Waals surface area contributed by atoms with Crippen LogP contribution in [0.15, 0.2) is 200 Å². The molecule has 2 aromatic heterocycles. The van der Waals surface area contributed by atoms with Crippen molar-refractivity contribution in [2.45, 2.75) is 0 Å². The van der Waals surface area contributed by atoms with Crippen molar-refractivity contribution in [3.63, 3.8) is 0 Å². The molecule has 0 radical (unpaired) electrons. The smallest absolute Gasteiger partial charge is 0.0467 e. The molecule has 55 heavy (non-hydrogen) atoms. The van der Waals surface area contributed by atoms with E-state index in [9.17, 15) is 0 Å². The Morgan fingerprint density at radius 3 is 1.65 bits per heavy atom. The number of benzene rings is 9. The van der Waals surface area contributed by atoms with Gasteiger partial charge in [-0.05, 0) is 98.8 Å². The molecule has 3 heteroatoms. The van der Waals surface area contributed by atoms with Crippen LogP contribution >= 0.6 is 22.7 Å². The average molecular weight is 736 g/mol. The van der Waals surface area contributed by atoms with Crippen LogP contribution in [0, 0.1) is 0 Å². The van der Waals surface area contributed by atoms with Crippen molar-refractivity contribution in [1.82, 2.24) is 0 Å². The lowest BCUT2D eigenvalue weighted by Crippen LogP contribution is -2.10. The van der Waals surface area contributed by atoms with Gasteiger partial charge in [-0.15, -0.1) is 22.7 Å². The normalized spacial score (nSPS) is 11.6. The van der Waals surface area contributed by atoms with Crippen LogP contribution in [0.2, 0.25) is 0 Å². The number of anilines is 3. The molecule has 11 rings (SSSR count). The first-order valence-electron chi connectivity index (χ1n) is 18.7. The summed E-state index contributed by atoms with van der Waals surface area (Å²) >= 11 is 3.75. The number of thiophene rings is 2. The Balaban J connectivity index is 1.07. The van der Waals surface area contributed by atoms with E-state index in [-0.39, 0.29) is 0 Å². The molecule has 0 fully saturated rings. The van der Waals surface area contributed by atoms with E-state index < -0.39 is 0 Å². The summed E-state index contributed by atoms with van der Waals surface area (Å²) in [5.41, 5.74) is 10.7. The molecular formula is C52H33NS2. The molecule has 0 aliphatic rings. The highest BCUT2D eigenvalue weighted by atomic mass is 32.1. The summed E-state index contributed by atoms with van der Waals surface area (Å²) < 4.78 is 5.29. The number of hydrogen-bond acceptors (Lipinski definition) is 3.